The van der Waals surface area contributed by atoms with Crippen LogP contribution in [0.3, 0.4) is 0 Å². The Hall–Kier alpha value is -1.16. The first-order chi connectivity index (χ1) is 5.59. The molecule has 1 aromatic heterocycles. The Morgan fingerprint density at radius 2 is 2.08 bits per heavy atom. The van der Waals surface area contributed by atoms with Crippen molar-refractivity contribution in [1.29, 1.82) is 0 Å². The summed E-state index contributed by atoms with van der Waals surface area (Å²) in [4.78, 5) is 22.1. The van der Waals surface area contributed by atoms with E-state index in [4.69, 9.17) is 0 Å². The van der Waals surface area contributed by atoms with Gasteiger partial charge in [-0.3, -0.25) is 9.59 Å². The molecule has 0 fully saturated rings. The number of nitrogens with one attached hydrogen (secondary N) is 1. The maximum absolute atomic E-state index is 10.8. The Morgan fingerprint density at radius 3 is 2.50 bits per heavy atom. The van der Waals surface area contributed by atoms with Gasteiger partial charge in [-0.25, -0.2) is 0 Å². The first-order valence-corrected chi connectivity index (χ1v) is 4.34. The van der Waals surface area contributed by atoms with Crippen LogP contribution in [0, 0.1) is 0 Å². The van der Waals surface area contributed by atoms with E-state index in [0.29, 0.717) is 10.6 Å². The number of anilines is 1. The van der Waals surface area contributed by atoms with Crippen LogP contribution in [0.25, 0.3) is 0 Å². The van der Waals surface area contributed by atoms with Crippen LogP contribution in [0.1, 0.15) is 23.5 Å². The van der Waals surface area contributed by atoms with E-state index >= 15 is 0 Å². The Kier molecular flexibility index (Phi) is 2.60. The fourth-order valence-corrected chi connectivity index (χ4v) is 1.53. The van der Waals surface area contributed by atoms with Crippen LogP contribution in [0.2, 0.25) is 0 Å². The second-order valence-corrected chi connectivity index (χ2v) is 3.35. The van der Waals surface area contributed by atoms with Gasteiger partial charge in [0, 0.05) is 12.3 Å². The molecule has 0 radical (unpaired) electrons. The zero-order chi connectivity index (χ0) is 9.14. The highest BCUT2D eigenvalue weighted by Gasteiger charge is 2.03. The first-order valence-electron chi connectivity index (χ1n) is 3.46. The number of thiophene rings is 1. The van der Waals surface area contributed by atoms with Crippen molar-refractivity contribution >= 4 is 28.7 Å². The van der Waals surface area contributed by atoms with Gasteiger partial charge in [0.05, 0.1) is 10.6 Å². The molecule has 1 N–H and O–H groups in total. The van der Waals surface area contributed by atoms with Crippen molar-refractivity contribution in [2.75, 3.05) is 5.32 Å². The van der Waals surface area contributed by atoms with Crippen LogP contribution < -0.4 is 5.32 Å². The Morgan fingerprint density at radius 1 is 1.42 bits per heavy atom. The van der Waals surface area contributed by atoms with Crippen LogP contribution >= 0.6 is 11.3 Å². The summed E-state index contributed by atoms with van der Waals surface area (Å²) in [5, 5.41) is 4.35. The van der Waals surface area contributed by atoms with E-state index in [-0.39, 0.29) is 11.7 Å². The summed E-state index contributed by atoms with van der Waals surface area (Å²) < 4.78 is 0. The Balaban J connectivity index is 2.77. The van der Waals surface area contributed by atoms with Gasteiger partial charge in [0.15, 0.2) is 5.78 Å². The average Bonchev–Trinajstić information content (AvgIpc) is 2.34. The van der Waals surface area contributed by atoms with E-state index in [1.165, 1.54) is 25.2 Å². The van der Waals surface area contributed by atoms with Crippen molar-refractivity contribution in [1.82, 2.24) is 0 Å². The van der Waals surface area contributed by atoms with Crippen molar-refractivity contribution in [3.8, 4) is 0 Å². The molecule has 0 aliphatic rings. The summed E-state index contributed by atoms with van der Waals surface area (Å²) in [7, 11) is 0. The molecule has 0 aliphatic carbocycles. The van der Waals surface area contributed by atoms with Crippen molar-refractivity contribution < 1.29 is 9.59 Å². The van der Waals surface area contributed by atoms with Crippen molar-refractivity contribution in [2.24, 2.45) is 0 Å². The van der Waals surface area contributed by atoms with Crippen LogP contribution in [0.5, 0.6) is 0 Å². The summed E-state index contributed by atoms with van der Waals surface area (Å²) >= 11 is 1.34. The molecule has 0 unspecified atom stereocenters. The van der Waals surface area contributed by atoms with E-state index in [1.807, 2.05) is 0 Å². The van der Waals surface area contributed by atoms with Crippen molar-refractivity contribution in [3.05, 3.63) is 16.3 Å². The topological polar surface area (TPSA) is 46.2 Å². The van der Waals surface area contributed by atoms with Gasteiger partial charge in [-0.2, -0.15) is 0 Å². The highest BCUT2D eigenvalue weighted by molar-refractivity contribution is 7.12. The van der Waals surface area contributed by atoms with Gasteiger partial charge in [0.25, 0.3) is 0 Å². The molecule has 0 saturated heterocycles. The SMILES string of the molecule is CC(=O)Nc1csc(C(C)=O)c1. The standard InChI is InChI=1S/C8H9NO2S/c1-5(10)8-3-7(4-12-8)9-6(2)11/h3-4H,1-2H3,(H,9,11). The highest BCUT2D eigenvalue weighted by atomic mass is 32.1. The number of carbonyl (C=O) groups is 2. The Labute approximate surface area is 74.4 Å². The monoisotopic (exact) mass is 183 g/mol. The lowest BCUT2D eigenvalue weighted by Gasteiger charge is -1.93. The minimum absolute atomic E-state index is 0.0246. The number of rotatable bonds is 2. The smallest absolute Gasteiger partial charge is 0.221 e. The number of hydrogen-bond donors (Lipinski definition) is 1. The van der Waals surface area contributed by atoms with Gasteiger partial charge in [-0.1, -0.05) is 0 Å². The fourth-order valence-electron chi connectivity index (χ4n) is 0.790. The fraction of sp³-hybridized carbons (Fsp3) is 0.250. The molecule has 1 heterocycles. The molecule has 0 saturated carbocycles. The summed E-state index contributed by atoms with van der Waals surface area (Å²) in [6.07, 6.45) is 0. The number of ketones is 1. The summed E-state index contributed by atoms with van der Waals surface area (Å²) in [5.41, 5.74) is 0.692. The molecule has 64 valence electrons. The minimum atomic E-state index is -0.122. The number of hydrogen-bond acceptors (Lipinski definition) is 3. The van der Waals surface area contributed by atoms with Crippen molar-refractivity contribution in [3.63, 3.8) is 0 Å². The third-order valence-electron chi connectivity index (χ3n) is 1.27. The van der Waals surface area contributed by atoms with Gasteiger partial charge in [0.1, 0.15) is 0 Å². The summed E-state index contributed by atoms with van der Waals surface area (Å²) in [5.74, 6) is -0.0977. The maximum atomic E-state index is 10.8. The molecule has 0 aromatic carbocycles. The predicted molar refractivity (Wildman–Crippen MR) is 48.6 cm³/mol. The van der Waals surface area contributed by atoms with Crippen LogP contribution in [0.15, 0.2) is 11.4 Å². The molecule has 0 bridgehead atoms. The van der Waals surface area contributed by atoms with Crippen LogP contribution in [-0.4, -0.2) is 11.7 Å². The van der Waals surface area contributed by atoms with Crippen molar-refractivity contribution in [2.45, 2.75) is 13.8 Å². The second kappa shape index (κ2) is 3.49. The lowest BCUT2D eigenvalue weighted by Crippen LogP contribution is -2.04. The molecular formula is C8H9NO2S. The largest absolute Gasteiger partial charge is 0.326 e. The maximum Gasteiger partial charge on any atom is 0.221 e. The molecule has 0 aliphatic heterocycles. The van der Waals surface area contributed by atoms with Gasteiger partial charge in [-0.05, 0) is 13.0 Å². The number of carbonyl (C=O) groups excluding carboxylic acids is 2. The normalized spacial score (nSPS) is 9.50. The van der Waals surface area contributed by atoms with Crippen LogP contribution in [-0.2, 0) is 4.79 Å². The Bertz CT molecular complexity index is 317. The summed E-state index contributed by atoms with van der Waals surface area (Å²) in [6.45, 7) is 2.94. The van der Waals surface area contributed by atoms with Crippen LogP contribution in [0.4, 0.5) is 5.69 Å². The zero-order valence-electron chi connectivity index (χ0n) is 6.88. The first kappa shape index (κ1) is 8.93. The average molecular weight is 183 g/mol. The van der Waals surface area contributed by atoms with E-state index in [9.17, 15) is 9.59 Å². The second-order valence-electron chi connectivity index (χ2n) is 2.44. The molecule has 4 heteroatoms. The zero-order valence-corrected chi connectivity index (χ0v) is 7.70. The van der Waals surface area contributed by atoms with E-state index < -0.39 is 0 Å². The minimum Gasteiger partial charge on any atom is -0.326 e. The quantitative estimate of drug-likeness (QED) is 0.712. The third kappa shape index (κ3) is 2.17. The molecule has 12 heavy (non-hydrogen) atoms. The molecule has 0 spiro atoms. The number of amides is 1. The molecule has 1 aromatic rings. The van der Waals surface area contributed by atoms with Gasteiger partial charge >= 0.3 is 0 Å². The van der Waals surface area contributed by atoms with Gasteiger partial charge in [-0.15, -0.1) is 11.3 Å². The lowest BCUT2D eigenvalue weighted by atomic mass is 10.3. The van der Waals surface area contributed by atoms with E-state index in [0.717, 1.165) is 0 Å². The predicted octanol–water partition coefficient (Wildman–Crippen LogP) is 1.91. The van der Waals surface area contributed by atoms with E-state index in [2.05, 4.69) is 5.32 Å². The lowest BCUT2D eigenvalue weighted by molar-refractivity contribution is -0.114. The molecular weight excluding hydrogens is 174 g/mol. The molecule has 0 atom stereocenters. The third-order valence-corrected chi connectivity index (χ3v) is 2.30. The molecule has 3 nitrogen and oxygen atoms in total. The summed E-state index contributed by atoms with van der Waals surface area (Å²) in [6, 6.07) is 1.67. The molecule has 1 rings (SSSR count). The number of Topliss-reactive ketones (excluding diaryl/α,β-unsaturated/α-hetero) is 1. The van der Waals surface area contributed by atoms with E-state index in [1.54, 1.807) is 11.4 Å². The highest BCUT2D eigenvalue weighted by Crippen LogP contribution is 2.19. The van der Waals surface area contributed by atoms with Gasteiger partial charge in [0.2, 0.25) is 5.91 Å². The van der Waals surface area contributed by atoms with Gasteiger partial charge < -0.3 is 5.32 Å². The molecule has 1 amide bonds.